The maximum atomic E-state index is 12.4. The van der Waals surface area contributed by atoms with Gasteiger partial charge in [-0.2, -0.15) is 0 Å². The third-order valence-electron chi connectivity index (χ3n) is 1.24. The molecule has 0 rings (SSSR count). The van der Waals surface area contributed by atoms with Crippen molar-refractivity contribution >= 4 is 0 Å². The van der Waals surface area contributed by atoms with E-state index in [4.69, 9.17) is 0 Å². The molecule has 0 aliphatic carbocycles. The summed E-state index contributed by atoms with van der Waals surface area (Å²) in [6.45, 7) is 5.53. The van der Waals surface area contributed by atoms with Crippen molar-refractivity contribution in [3.63, 3.8) is 0 Å². The van der Waals surface area contributed by atoms with Gasteiger partial charge in [-0.1, -0.05) is 23.8 Å². The van der Waals surface area contributed by atoms with Gasteiger partial charge in [-0.25, -0.2) is 4.39 Å². The van der Waals surface area contributed by atoms with Crippen LogP contribution in [0.15, 0.2) is 35.7 Å². The first-order valence-corrected chi connectivity index (χ1v) is 3.33. The molecule has 0 unspecified atom stereocenters. The average Bonchev–Trinajstić information content (AvgIpc) is 1.99. The first kappa shape index (κ1) is 9.15. The number of allylic oxidation sites excluding steroid dienone is 6. The van der Waals surface area contributed by atoms with E-state index >= 15 is 0 Å². The van der Waals surface area contributed by atoms with Crippen LogP contribution in [0.5, 0.6) is 0 Å². The fourth-order valence-electron chi connectivity index (χ4n) is 0.404. The number of hydrogen-bond donors (Lipinski definition) is 0. The second kappa shape index (κ2) is 4.98. The minimum atomic E-state index is -0.193. The molecule has 0 saturated heterocycles. The van der Waals surface area contributed by atoms with Crippen molar-refractivity contribution in [3.05, 3.63) is 35.7 Å². The van der Waals surface area contributed by atoms with Crippen LogP contribution in [0.4, 0.5) is 4.39 Å². The monoisotopic (exact) mass is 140 g/mol. The lowest BCUT2D eigenvalue weighted by Gasteiger charge is -1.86. The molecule has 56 valence electrons. The molecule has 0 N–H and O–H groups in total. The van der Waals surface area contributed by atoms with Crippen molar-refractivity contribution < 1.29 is 4.39 Å². The summed E-state index contributed by atoms with van der Waals surface area (Å²) < 4.78 is 12.4. The Morgan fingerprint density at radius 3 is 2.10 bits per heavy atom. The molecule has 0 atom stereocenters. The molecule has 0 fully saturated rings. The highest BCUT2D eigenvalue weighted by molar-refractivity contribution is 5.22. The zero-order valence-electron chi connectivity index (χ0n) is 6.69. The highest BCUT2D eigenvalue weighted by atomic mass is 19.1. The highest BCUT2D eigenvalue weighted by Crippen LogP contribution is 2.01. The topological polar surface area (TPSA) is 0 Å². The minimum Gasteiger partial charge on any atom is -0.207 e. The van der Waals surface area contributed by atoms with Crippen LogP contribution in [-0.2, 0) is 0 Å². The molecule has 0 heterocycles. The summed E-state index contributed by atoms with van der Waals surface area (Å²) in [7, 11) is 0. The van der Waals surface area contributed by atoms with Crippen molar-refractivity contribution in [3.8, 4) is 0 Å². The van der Waals surface area contributed by atoms with Crippen LogP contribution in [0.25, 0.3) is 0 Å². The van der Waals surface area contributed by atoms with Crippen LogP contribution >= 0.6 is 0 Å². The van der Waals surface area contributed by atoms with Gasteiger partial charge in [-0.15, -0.1) is 0 Å². The van der Waals surface area contributed by atoms with Gasteiger partial charge in [0.15, 0.2) is 0 Å². The lowest BCUT2D eigenvalue weighted by Crippen LogP contribution is -1.66. The zero-order valence-corrected chi connectivity index (χ0v) is 6.69. The van der Waals surface area contributed by atoms with Gasteiger partial charge >= 0.3 is 0 Å². The fourth-order valence-corrected chi connectivity index (χ4v) is 0.404. The molecule has 0 saturated carbocycles. The smallest absolute Gasteiger partial charge is 0.118 e. The Hall–Kier alpha value is -0.850. The van der Waals surface area contributed by atoms with Crippen molar-refractivity contribution in [2.24, 2.45) is 0 Å². The standard InChI is InChI=1S/C9H13F/c1-4-8(3)6-7-9(10)5-2/h4-7H,1-3H3/b7-6-,8-4-,9-5+. The summed E-state index contributed by atoms with van der Waals surface area (Å²) in [4.78, 5) is 0. The molecule has 0 bridgehead atoms. The molecule has 0 aliphatic rings. The summed E-state index contributed by atoms with van der Waals surface area (Å²) in [5, 5.41) is 0. The van der Waals surface area contributed by atoms with E-state index in [0.29, 0.717) is 0 Å². The maximum absolute atomic E-state index is 12.4. The normalized spacial score (nSPS) is 14.8. The molecule has 0 radical (unpaired) electrons. The van der Waals surface area contributed by atoms with Gasteiger partial charge in [0, 0.05) is 0 Å². The molecule has 0 nitrogen and oxygen atoms in total. The summed E-state index contributed by atoms with van der Waals surface area (Å²) in [6, 6.07) is 0. The predicted octanol–water partition coefficient (Wildman–Crippen LogP) is 3.38. The van der Waals surface area contributed by atoms with Crippen molar-refractivity contribution in [1.82, 2.24) is 0 Å². The average molecular weight is 140 g/mol. The Kier molecular flexibility index (Phi) is 4.55. The Morgan fingerprint density at radius 1 is 1.10 bits per heavy atom. The van der Waals surface area contributed by atoms with E-state index in [9.17, 15) is 4.39 Å². The zero-order chi connectivity index (χ0) is 7.98. The molecule has 0 amide bonds. The minimum absolute atomic E-state index is 0.193. The van der Waals surface area contributed by atoms with Gasteiger partial charge in [0.2, 0.25) is 0 Å². The number of halogens is 1. The first-order valence-electron chi connectivity index (χ1n) is 3.33. The molecular formula is C9H13F. The molecule has 10 heavy (non-hydrogen) atoms. The highest BCUT2D eigenvalue weighted by Gasteiger charge is 1.81. The van der Waals surface area contributed by atoms with E-state index in [2.05, 4.69) is 0 Å². The maximum Gasteiger partial charge on any atom is 0.118 e. The number of rotatable bonds is 2. The summed E-state index contributed by atoms with van der Waals surface area (Å²) in [5.74, 6) is -0.193. The predicted molar refractivity (Wildman–Crippen MR) is 43.4 cm³/mol. The van der Waals surface area contributed by atoms with E-state index in [1.54, 1.807) is 13.0 Å². The number of hydrogen-bond acceptors (Lipinski definition) is 0. The molecule has 0 spiro atoms. The Labute approximate surface area is 61.8 Å². The Morgan fingerprint density at radius 2 is 1.70 bits per heavy atom. The van der Waals surface area contributed by atoms with E-state index < -0.39 is 0 Å². The van der Waals surface area contributed by atoms with Crippen LogP contribution in [0.1, 0.15) is 20.8 Å². The Balaban J connectivity index is 4.01. The summed E-state index contributed by atoms with van der Waals surface area (Å²) in [6.07, 6.45) is 6.56. The van der Waals surface area contributed by atoms with Crippen molar-refractivity contribution in [1.29, 1.82) is 0 Å². The first-order chi connectivity index (χ1) is 4.70. The van der Waals surface area contributed by atoms with E-state index in [-0.39, 0.29) is 5.83 Å². The van der Waals surface area contributed by atoms with Crippen LogP contribution in [-0.4, -0.2) is 0 Å². The van der Waals surface area contributed by atoms with Gasteiger partial charge in [0.25, 0.3) is 0 Å². The molecule has 0 aromatic rings. The van der Waals surface area contributed by atoms with E-state index in [0.717, 1.165) is 5.57 Å². The van der Waals surface area contributed by atoms with Gasteiger partial charge in [-0.05, 0) is 26.8 Å². The summed E-state index contributed by atoms with van der Waals surface area (Å²) in [5.41, 5.74) is 1.07. The van der Waals surface area contributed by atoms with Crippen LogP contribution in [0.2, 0.25) is 0 Å². The molecule has 0 aliphatic heterocycles. The van der Waals surface area contributed by atoms with Crippen LogP contribution in [0.3, 0.4) is 0 Å². The lowest BCUT2D eigenvalue weighted by atomic mass is 10.2. The molecular weight excluding hydrogens is 127 g/mol. The van der Waals surface area contributed by atoms with Crippen molar-refractivity contribution in [2.75, 3.05) is 0 Å². The van der Waals surface area contributed by atoms with Gasteiger partial charge in [0.1, 0.15) is 5.83 Å². The summed E-state index contributed by atoms with van der Waals surface area (Å²) >= 11 is 0. The van der Waals surface area contributed by atoms with Crippen LogP contribution < -0.4 is 0 Å². The quantitative estimate of drug-likeness (QED) is 0.516. The Bertz CT molecular complexity index is 153. The molecule has 1 heteroatoms. The second-order valence-corrected chi connectivity index (χ2v) is 2.04. The van der Waals surface area contributed by atoms with Gasteiger partial charge < -0.3 is 0 Å². The van der Waals surface area contributed by atoms with E-state index in [1.165, 1.54) is 12.2 Å². The van der Waals surface area contributed by atoms with Crippen molar-refractivity contribution in [2.45, 2.75) is 20.8 Å². The van der Waals surface area contributed by atoms with Crippen LogP contribution in [0, 0.1) is 0 Å². The third kappa shape index (κ3) is 4.07. The largest absolute Gasteiger partial charge is 0.207 e. The SMILES string of the molecule is C\C=C(C)/C=C\C(F)=C/C. The van der Waals surface area contributed by atoms with E-state index in [1.807, 2.05) is 19.9 Å². The third-order valence-corrected chi connectivity index (χ3v) is 1.24. The van der Waals surface area contributed by atoms with Gasteiger partial charge in [-0.3, -0.25) is 0 Å². The van der Waals surface area contributed by atoms with Gasteiger partial charge in [0.05, 0.1) is 0 Å². The lowest BCUT2D eigenvalue weighted by molar-refractivity contribution is 0.665. The second-order valence-electron chi connectivity index (χ2n) is 2.04. The molecule has 0 aromatic carbocycles. The molecule has 0 aromatic heterocycles. The fraction of sp³-hybridized carbons (Fsp3) is 0.333.